The second-order valence-corrected chi connectivity index (χ2v) is 6.41. The van der Waals surface area contributed by atoms with Gasteiger partial charge in [-0.15, -0.1) is 11.3 Å². The van der Waals surface area contributed by atoms with Gasteiger partial charge in [0.2, 0.25) is 0 Å². The molecule has 0 aliphatic carbocycles. The smallest absolute Gasteiger partial charge is 0.129 e. The van der Waals surface area contributed by atoms with E-state index in [-0.39, 0.29) is 18.5 Å². The van der Waals surface area contributed by atoms with Crippen LogP contribution in [0.15, 0.2) is 60.2 Å². The summed E-state index contributed by atoms with van der Waals surface area (Å²) in [7, 11) is 0. The largest absolute Gasteiger partial charge is 0.488 e. The number of hydrogen-bond acceptors (Lipinski definition) is 4. The highest BCUT2D eigenvalue weighted by molar-refractivity contribution is 7.09. The summed E-state index contributed by atoms with van der Waals surface area (Å²) in [5, 5.41) is 3.47. The van der Waals surface area contributed by atoms with Crippen LogP contribution in [0.4, 0.5) is 4.39 Å². The molecule has 0 radical (unpaired) electrons. The molecule has 124 valence electrons. The van der Waals surface area contributed by atoms with E-state index in [9.17, 15) is 4.39 Å². The molecule has 1 heterocycles. The molecule has 3 rings (SSSR count). The zero-order chi connectivity index (χ0) is 16.8. The highest BCUT2D eigenvalue weighted by Crippen LogP contribution is 2.22. The van der Waals surface area contributed by atoms with Crippen LogP contribution in [0.25, 0.3) is 0 Å². The number of halogens is 1. The Kier molecular flexibility index (Phi) is 5.56. The second kappa shape index (κ2) is 8.04. The Bertz CT molecular complexity index is 777. The molecular formula is C19H19FN2OS. The number of hydrogen-bond donors (Lipinski definition) is 1. The third kappa shape index (κ3) is 4.19. The van der Waals surface area contributed by atoms with E-state index < -0.39 is 0 Å². The van der Waals surface area contributed by atoms with E-state index >= 15 is 0 Å². The van der Waals surface area contributed by atoms with Gasteiger partial charge in [-0.3, -0.25) is 4.98 Å². The molecule has 0 aliphatic rings. The molecule has 1 atom stereocenters. The average Bonchev–Trinajstić information content (AvgIpc) is 3.14. The molecule has 5 heteroatoms. The minimum atomic E-state index is -0.244. The zero-order valence-corrected chi connectivity index (χ0v) is 14.2. The van der Waals surface area contributed by atoms with Gasteiger partial charge in [-0.05, 0) is 19.1 Å². The Labute approximate surface area is 145 Å². The van der Waals surface area contributed by atoms with Crippen LogP contribution < -0.4 is 10.1 Å². The van der Waals surface area contributed by atoms with Gasteiger partial charge >= 0.3 is 0 Å². The Hall–Kier alpha value is -2.24. The molecule has 1 aromatic heterocycles. The lowest BCUT2D eigenvalue weighted by atomic mass is 10.1. The number of benzene rings is 2. The van der Waals surface area contributed by atoms with Crippen LogP contribution in [0.2, 0.25) is 0 Å². The predicted molar refractivity (Wildman–Crippen MR) is 94.5 cm³/mol. The van der Waals surface area contributed by atoms with Crippen molar-refractivity contribution in [3.05, 3.63) is 82.1 Å². The second-order valence-electron chi connectivity index (χ2n) is 5.49. The first-order chi connectivity index (χ1) is 11.7. The SMILES string of the molecule is CC(NCc1ccccc1OCc1ccccc1F)c1cncs1. The van der Waals surface area contributed by atoms with E-state index in [4.69, 9.17) is 4.74 Å². The summed E-state index contributed by atoms with van der Waals surface area (Å²) in [5.74, 6) is 0.525. The number of nitrogens with zero attached hydrogens (tertiary/aromatic N) is 1. The van der Waals surface area contributed by atoms with E-state index in [1.165, 1.54) is 10.9 Å². The quantitative estimate of drug-likeness (QED) is 0.675. The maximum Gasteiger partial charge on any atom is 0.129 e. The summed E-state index contributed by atoms with van der Waals surface area (Å²) < 4.78 is 19.5. The van der Waals surface area contributed by atoms with Gasteiger partial charge in [0.05, 0.1) is 5.51 Å². The molecule has 0 bridgehead atoms. The van der Waals surface area contributed by atoms with Gasteiger partial charge in [0.1, 0.15) is 18.2 Å². The van der Waals surface area contributed by atoms with Crippen molar-refractivity contribution in [3.63, 3.8) is 0 Å². The fourth-order valence-electron chi connectivity index (χ4n) is 2.36. The maximum atomic E-state index is 13.7. The molecule has 0 saturated carbocycles. The topological polar surface area (TPSA) is 34.1 Å². The molecule has 3 nitrogen and oxygen atoms in total. The summed E-state index contributed by atoms with van der Waals surface area (Å²) in [4.78, 5) is 5.30. The van der Waals surface area contributed by atoms with Crippen molar-refractivity contribution in [2.24, 2.45) is 0 Å². The van der Waals surface area contributed by atoms with E-state index in [0.717, 1.165) is 11.3 Å². The lowest BCUT2D eigenvalue weighted by Gasteiger charge is -2.15. The first-order valence-electron chi connectivity index (χ1n) is 7.80. The normalized spacial score (nSPS) is 12.1. The summed E-state index contributed by atoms with van der Waals surface area (Å²) in [6, 6.07) is 14.7. The number of para-hydroxylation sites is 1. The first-order valence-corrected chi connectivity index (χ1v) is 8.68. The minimum absolute atomic E-state index is 0.216. The number of nitrogens with one attached hydrogen (secondary N) is 1. The molecule has 0 saturated heterocycles. The van der Waals surface area contributed by atoms with Crippen LogP contribution in [0.5, 0.6) is 5.75 Å². The Balaban J connectivity index is 1.63. The number of rotatable bonds is 7. The summed E-state index contributed by atoms with van der Waals surface area (Å²) >= 11 is 1.63. The number of aromatic nitrogens is 1. The van der Waals surface area contributed by atoms with Crippen LogP contribution in [-0.4, -0.2) is 4.98 Å². The Morgan fingerprint density at radius 1 is 1.12 bits per heavy atom. The van der Waals surface area contributed by atoms with Gasteiger partial charge < -0.3 is 10.1 Å². The molecule has 0 fully saturated rings. The summed E-state index contributed by atoms with van der Waals surface area (Å²) in [6.45, 7) is 3.00. The number of ether oxygens (including phenoxy) is 1. The van der Waals surface area contributed by atoms with Gasteiger partial charge in [0, 0.05) is 34.8 Å². The Morgan fingerprint density at radius 2 is 1.88 bits per heavy atom. The van der Waals surface area contributed by atoms with Crippen molar-refractivity contribution in [3.8, 4) is 5.75 Å². The fraction of sp³-hybridized carbons (Fsp3) is 0.211. The van der Waals surface area contributed by atoms with Crippen LogP contribution in [0, 0.1) is 5.82 Å². The lowest BCUT2D eigenvalue weighted by molar-refractivity contribution is 0.295. The molecule has 2 aromatic carbocycles. The highest BCUT2D eigenvalue weighted by atomic mass is 32.1. The zero-order valence-electron chi connectivity index (χ0n) is 13.4. The monoisotopic (exact) mass is 342 g/mol. The van der Waals surface area contributed by atoms with E-state index in [1.54, 1.807) is 23.5 Å². The maximum absolute atomic E-state index is 13.7. The van der Waals surface area contributed by atoms with Crippen molar-refractivity contribution < 1.29 is 9.13 Å². The fourth-order valence-corrected chi connectivity index (χ4v) is 3.02. The van der Waals surface area contributed by atoms with Crippen molar-refractivity contribution in [1.29, 1.82) is 0 Å². The standard InChI is InChI=1S/C19H19FN2OS/c1-14(19-11-21-13-24-19)22-10-15-6-3-5-9-18(15)23-12-16-7-2-4-8-17(16)20/h2-9,11,13-14,22H,10,12H2,1H3. The molecule has 1 N–H and O–H groups in total. The van der Waals surface area contributed by atoms with Gasteiger partial charge in [0.15, 0.2) is 0 Å². The highest BCUT2D eigenvalue weighted by Gasteiger charge is 2.09. The van der Waals surface area contributed by atoms with Gasteiger partial charge in [-0.1, -0.05) is 36.4 Å². The lowest BCUT2D eigenvalue weighted by Crippen LogP contribution is -2.17. The molecular weight excluding hydrogens is 323 g/mol. The van der Waals surface area contributed by atoms with E-state index in [2.05, 4.69) is 17.2 Å². The van der Waals surface area contributed by atoms with Crippen LogP contribution in [-0.2, 0) is 13.2 Å². The van der Waals surface area contributed by atoms with Crippen LogP contribution >= 0.6 is 11.3 Å². The molecule has 3 aromatic rings. The van der Waals surface area contributed by atoms with Crippen molar-refractivity contribution >= 4 is 11.3 Å². The van der Waals surface area contributed by atoms with Crippen LogP contribution in [0.3, 0.4) is 0 Å². The van der Waals surface area contributed by atoms with Gasteiger partial charge in [0.25, 0.3) is 0 Å². The van der Waals surface area contributed by atoms with Crippen molar-refractivity contribution in [1.82, 2.24) is 10.3 Å². The molecule has 1 unspecified atom stereocenters. The third-order valence-electron chi connectivity index (χ3n) is 3.79. The number of thiazole rings is 1. The molecule has 0 aliphatic heterocycles. The average molecular weight is 342 g/mol. The summed E-state index contributed by atoms with van der Waals surface area (Å²) in [6.07, 6.45) is 1.88. The van der Waals surface area contributed by atoms with Crippen molar-refractivity contribution in [2.75, 3.05) is 0 Å². The van der Waals surface area contributed by atoms with E-state index in [1.807, 2.05) is 42.0 Å². The molecule has 0 amide bonds. The molecule has 0 spiro atoms. The summed E-state index contributed by atoms with van der Waals surface area (Å²) in [5.41, 5.74) is 3.43. The van der Waals surface area contributed by atoms with Crippen molar-refractivity contribution in [2.45, 2.75) is 26.1 Å². The minimum Gasteiger partial charge on any atom is -0.488 e. The third-order valence-corrected chi connectivity index (χ3v) is 4.75. The van der Waals surface area contributed by atoms with Gasteiger partial charge in [-0.2, -0.15) is 0 Å². The Morgan fingerprint density at radius 3 is 2.62 bits per heavy atom. The van der Waals surface area contributed by atoms with E-state index in [0.29, 0.717) is 12.1 Å². The first kappa shape index (κ1) is 16.6. The predicted octanol–water partition coefficient (Wildman–Crippen LogP) is 4.71. The van der Waals surface area contributed by atoms with Gasteiger partial charge in [-0.25, -0.2) is 4.39 Å². The molecule has 24 heavy (non-hydrogen) atoms. The van der Waals surface area contributed by atoms with Crippen LogP contribution in [0.1, 0.15) is 29.0 Å².